The number of nitrogens with one attached hydrogen (secondary N) is 1. The summed E-state index contributed by atoms with van der Waals surface area (Å²) in [5.74, 6) is 0.137. The number of carbonyl (C=O) groups excluding carboxylic acids is 1. The van der Waals surface area contributed by atoms with E-state index in [-0.39, 0.29) is 24.4 Å². The van der Waals surface area contributed by atoms with E-state index >= 15 is 0 Å². The molecule has 0 aliphatic heterocycles. The highest BCUT2D eigenvalue weighted by molar-refractivity contribution is 5.85. The maximum absolute atomic E-state index is 11.5. The lowest BCUT2D eigenvalue weighted by molar-refractivity contribution is -0.121. The summed E-state index contributed by atoms with van der Waals surface area (Å²) < 4.78 is 0. The maximum Gasteiger partial charge on any atom is 0.221 e. The SMILES string of the molecule is CC(N)CC(=O)NC1CC12CCCCC2.Cl. The number of halogens is 1. The molecule has 2 fully saturated rings. The van der Waals surface area contributed by atoms with E-state index in [0.717, 1.165) is 0 Å². The van der Waals surface area contributed by atoms with E-state index < -0.39 is 0 Å². The van der Waals surface area contributed by atoms with Crippen molar-refractivity contribution >= 4 is 18.3 Å². The molecule has 2 aliphatic rings. The smallest absolute Gasteiger partial charge is 0.221 e. The van der Waals surface area contributed by atoms with Crippen LogP contribution in [0.25, 0.3) is 0 Å². The number of rotatable bonds is 3. The van der Waals surface area contributed by atoms with Crippen molar-refractivity contribution in [2.24, 2.45) is 11.1 Å². The molecule has 0 aromatic rings. The lowest BCUT2D eigenvalue weighted by Crippen LogP contribution is -2.34. The Hall–Kier alpha value is -0.280. The molecule has 0 heterocycles. The first-order valence-corrected chi connectivity index (χ1v) is 6.17. The monoisotopic (exact) mass is 246 g/mol. The van der Waals surface area contributed by atoms with Gasteiger partial charge in [-0.2, -0.15) is 0 Å². The van der Waals surface area contributed by atoms with Crippen LogP contribution in [0.2, 0.25) is 0 Å². The third-order valence-electron chi connectivity index (χ3n) is 3.88. The average molecular weight is 247 g/mol. The van der Waals surface area contributed by atoms with Gasteiger partial charge in [0.1, 0.15) is 0 Å². The Labute approximate surface area is 104 Å². The summed E-state index contributed by atoms with van der Waals surface area (Å²) in [6, 6.07) is 0.440. The Morgan fingerprint density at radius 1 is 1.44 bits per heavy atom. The molecule has 1 amide bonds. The molecule has 3 nitrogen and oxygen atoms in total. The van der Waals surface area contributed by atoms with Gasteiger partial charge in [-0.25, -0.2) is 0 Å². The Balaban J connectivity index is 0.00000128. The molecule has 2 saturated carbocycles. The van der Waals surface area contributed by atoms with E-state index in [1.165, 1.54) is 38.5 Å². The van der Waals surface area contributed by atoms with Crippen LogP contribution < -0.4 is 11.1 Å². The number of carbonyl (C=O) groups is 1. The van der Waals surface area contributed by atoms with Gasteiger partial charge in [0.25, 0.3) is 0 Å². The first kappa shape index (κ1) is 13.8. The summed E-state index contributed by atoms with van der Waals surface area (Å²) in [6.07, 6.45) is 8.37. The maximum atomic E-state index is 11.5. The quantitative estimate of drug-likeness (QED) is 0.800. The number of hydrogen-bond donors (Lipinski definition) is 2. The highest BCUT2D eigenvalue weighted by Gasteiger charge is 2.54. The predicted octanol–water partition coefficient (Wildman–Crippen LogP) is 1.98. The van der Waals surface area contributed by atoms with Crippen LogP contribution in [0, 0.1) is 5.41 Å². The molecule has 3 N–H and O–H groups in total. The number of hydrogen-bond acceptors (Lipinski definition) is 2. The second-order valence-electron chi connectivity index (χ2n) is 5.43. The van der Waals surface area contributed by atoms with E-state index in [4.69, 9.17) is 5.73 Å². The molecule has 0 aromatic heterocycles. The van der Waals surface area contributed by atoms with Gasteiger partial charge in [-0.3, -0.25) is 4.79 Å². The minimum absolute atomic E-state index is 0. The molecule has 0 aromatic carbocycles. The topological polar surface area (TPSA) is 55.1 Å². The molecule has 94 valence electrons. The molecule has 16 heavy (non-hydrogen) atoms. The normalized spacial score (nSPS) is 28.0. The standard InChI is InChI=1S/C12H22N2O.ClH/c1-9(13)7-11(15)14-10-8-12(10)5-3-2-4-6-12;/h9-10H,2-8,13H2,1H3,(H,14,15);1H. The van der Waals surface area contributed by atoms with Crippen LogP contribution in [0.3, 0.4) is 0 Å². The Bertz CT molecular complexity index is 249. The average Bonchev–Trinajstić information content (AvgIpc) is 2.77. The summed E-state index contributed by atoms with van der Waals surface area (Å²) in [6.45, 7) is 1.88. The summed E-state index contributed by atoms with van der Waals surface area (Å²) in [4.78, 5) is 11.5. The largest absolute Gasteiger partial charge is 0.353 e. The van der Waals surface area contributed by atoms with Crippen molar-refractivity contribution in [1.29, 1.82) is 0 Å². The van der Waals surface area contributed by atoms with Gasteiger partial charge >= 0.3 is 0 Å². The van der Waals surface area contributed by atoms with Gasteiger partial charge in [0.15, 0.2) is 0 Å². The second-order valence-corrected chi connectivity index (χ2v) is 5.43. The Morgan fingerprint density at radius 3 is 2.62 bits per heavy atom. The lowest BCUT2D eigenvalue weighted by atomic mass is 9.86. The van der Waals surface area contributed by atoms with Gasteiger partial charge in [-0.1, -0.05) is 19.3 Å². The van der Waals surface area contributed by atoms with Crippen LogP contribution >= 0.6 is 12.4 Å². The van der Waals surface area contributed by atoms with E-state index in [9.17, 15) is 4.79 Å². The fraction of sp³-hybridized carbons (Fsp3) is 0.917. The molecule has 2 unspecified atom stereocenters. The van der Waals surface area contributed by atoms with Crippen LogP contribution in [-0.4, -0.2) is 18.0 Å². The molecule has 0 saturated heterocycles. The van der Waals surface area contributed by atoms with Crippen molar-refractivity contribution in [3.63, 3.8) is 0 Å². The van der Waals surface area contributed by atoms with Crippen molar-refractivity contribution < 1.29 is 4.79 Å². The van der Waals surface area contributed by atoms with E-state index in [1.54, 1.807) is 0 Å². The number of nitrogens with two attached hydrogens (primary N) is 1. The Kier molecular flexibility index (Phi) is 4.62. The lowest BCUT2D eigenvalue weighted by Gasteiger charge is -2.22. The van der Waals surface area contributed by atoms with E-state index in [1.807, 2.05) is 6.92 Å². The molecular weight excluding hydrogens is 224 g/mol. The molecule has 2 atom stereocenters. The van der Waals surface area contributed by atoms with Crippen LogP contribution in [0.4, 0.5) is 0 Å². The fourth-order valence-corrected chi connectivity index (χ4v) is 2.91. The third-order valence-corrected chi connectivity index (χ3v) is 3.88. The summed E-state index contributed by atoms with van der Waals surface area (Å²) in [5.41, 5.74) is 6.09. The van der Waals surface area contributed by atoms with Crippen molar-refractivity contribution in [2.75, 3.05) is 0 Å². The molecule has 2 aliphatic carbocycles. The van der Waals surface area contributed by atoms with Gasteiger partial charge in [0.2, 0.25) is 5.91 Å². The molecule has 0 radical (unpaired) electrons. The van der Waals surface area contributed by atoms with Gasteiger partial charge in [0.05, 0.1) is 0 Å². The van der Waals surface area contributed by atoms with Gasteiger partial charge in [0, 0.05) is 18.5 Å². The van der Waals surface area contributed by atoms with Gasteiger partial charge in [-0.05, 0) is 31.6 Å². The van der Waals surface area contributed by atoms with Crippen molar-refractivity contribution in [2.45, 2.75) is 64.0 Å². The highest BCUT2D eigenvalue weighted by atomic mass is 35.5. The van der Waals surface area contributed by atoms with Crippen LogP contribution in [0.1, 0.15) is 51.9 Å². The minimum Gasteiger partial charge on any atom is -0.353 e. The molecule has 4 heteroatoms. The van der Waals surface area contributed by atoms with Crippen LogP contribution in [0.15, 0.2) is 0 Å². The summed E-state index contributed by atoms with van der Waals surface area (Å²) in [7, 11) is 0. The molecule has 2 rings (SSSR count). The summed E-state index contributed by atoms with van der Waals surface area (Å²) >= 11 is 0. The van der Waals surface area contributed by atoms with E-state index in [2.05, 4.69) is 5.32 Å². The summed E-state index contributed by atoms with van der Waals surface area (Å²) in [5, 5.41) is 3.13. The van der Waals surface area contributed by atoms with Crippen molar-refractivity contribution in [3.05, 3.63) is 0 Å². The van der Waals surface area contributed by atoms with Crippen molar-refractivity contribution in [1.82, 2.24) is 5.32 Å². The van der Waals surface area contributed by atoms with Crippen molar-refractivity contribution in [3.8, 4) is 0 Å². The molecule has 0 bridgehead atoms. The number of amides is 1. The fourth-order valence-electron chi connectivity index (χ4n) is 2.91. The third kappa shape index (κ3) is 3.11. The zero-order valence-electron chi connectivity index (χ0n) is 10.00. The first-order chi connectivity index (χ1) is 7.12. The highest BCUT2D eigenvalue weighted by Crippen LogP contribution is 2.56. The Morgan fingerprint density at radius 2 is 2.06 bits per heavy atom. The molecular formula is C12H23ClN2O. The molecule has 1 spiro atoms. The first-order valence-electron chi connectivity index (χ1n) is 6.17. The van der Waals surface area contributed by atoms with Crippen LogP contribution in [-0.2, 0) is 4.79 Å². The zero-order chi connectivity index (χ0) is 10.9. The minimum atomic E-state index is -0.0222. The second kappa shape index (κ2) is 5.37. The van der Waals surface area contributed by atoms with Crippen LogP contribution in [0.5, 0.6) is 0 Å². The zero-order valence-corrected chi connectivity index (χ0v) is 10.8. The van der Waals surface area contributed by atoms with E-state index in [0.29, 0.717) is 17.9 Å². The van der Waals surface area contributed by atoms with Gasteiger partial charge < -0.3 is 11.1 Å². The van der Waals surface area contributed by atoms with Gasteiger partial charge in [-0.15, -0.1) is 12.4 Å². The predicted molar refractivity (Wildman–Crippen MR) is 67.6 cm³/mol.